The molecule has 1 heterocycles. The van der Waals surface area contributed by atoms with Crippen LogP contribution in [-0.2, 0) is 11.2 Å². The van der Waals surface area contributed by atoms with E-state index in [0.29, 0.717) is 12.7 Å². The topological polar surface area (TPSA) is 21.8 Å². The average molecular weight is 387 g/mol. The van der Waals surface area contributed by atoms with Gasteiger partial charge < -0.3 is 9.47 Å². The highest BCUT2D eigenvalue weighted by Gasteiger charge is 2.23. The van der Waals surface area contributed by atoms with Gasteiger partial charge in [-0.1, -0.05) is 95.1 Å². The van der Waals surface area contributed by atoms with Crippen LogP contribution in [0.2, 0.25) is 0 Å². The first-order valence-corrected chi connectivity index (χ1v) is 11.9. The Bertz CT molecular complexity index is 519. The smallest absolute Gasteiger partial charge is 0.122 e. The maximum absolute atomic E-state index is 5.91. The summed E-state index contributed by atoms with van der Waals surface area (Å²) in [6, 6.07) is 8.50. The lowest BCUT2D eigenvalue weighted by atomic mass is 10.0. The molecule has 0 aliphatic carbocycles. The van der Waals surface area contributed by atoms with Crippen molar-refractivity contribution < 1.29 is 9.47 Å². The number of allylic oxidation sites excluding steroid dienone is 2. The van der Waals surface area contributed by atoms with Gasteiger partial charge in [-0.05, 0) is 43.7 Å². The maximum Gasteiger partial charge on any atom is 0.122 e. The van der Waals surface area contributed by atoms with E-state index in [9.17, 15) is 0 Å². The Morgan fingerprint density at radius 2 is 1.46 bits per heavy atom. The normalized spacial score (nSPS) is 16.0. The number of epoxide rings is 1. The zero-order chi connectivity index (χ0) is 19.7. The molecule has 28 heavy (non-hydrogen) atoms. The van der Waals surface area contributed by atoms with Gasteiger partial charge in [-0.15, -0.1) is 0 Å². The quantitative estimate of drug-likeness (QED) is 0.147. The summed E-state index contributed by atoms with van der Waals surface area (Å²) in [4.78, 5) is 0. The summed E-state index contributed by atoms with van der Waals surface area (Å²) in [5, 5.41) is 0. The standard InChI is InChI=1S/C26H42O2/c1-2-3-4-5-6-7-8-9-10-11-12-13-14-15-16-19-24-20-17-18-21-26(24)28-23-25-22-27-25/h4-5,17-18,20-21,25H,2-3,6-16,19,22-23H2,1H3/b5-4+. The Morgan fingerprint density at radius 1 is 0.857 bits per heavy atom. The highest BCUT2D eigenvalue weighted by Crippen LogP contribution is 2.22. The lowest BCUT2D eigenvalue weighted by Crippen LogP contribution is -2.05. The number of ether oxygens (including phenoxy) is 2. The number of aryl methyl sites for hydroxylation is 1. The molecule has 0 radical (unpaired) electrons. The van der Waals surface area contributed by atoms with E-state index in [1.807, 2.05) is 0 Å². The molecule has 2 rings (SSSR count). The maximum atomic E-state index is 5.91. The second-order valence-corrected chi connectivity index (χ2v) is 8.21. The summed E-state index contributed by atoms with van der Waals surface area (Å²) in [6.07, 6.45) is 23.8. The fraction of sp³-hybridized carbons (Fsp3) is 0.692. The van der Waals surface area contributed by atoms with Crippen LogP contribution in [0.25, 0.3) is 0 Å². The molecule has 1 atom stereocenters. The lowest BCUT2D eigenvalue weighted by molar-refractivity contribution is 0.261. The van der Waals surface area contributed by atoms with Crippen molar-refractivity contribution in [1.29, 1.82) is 0 Å². The third-order valence-electron chi connectivity index (χ3n) is 5.49. The number of hydrogen-bond donors (Lipinski definition) is 0. The fourth-order valence-electron chi connectivity index (χ4n) is 3.59. The van der Waals surface area contributed by atoms with Gasteiger partial charge in [0, 0.05) is 0 Å². The zero-order valence-corrected chi connectivity index (χ0v) is 18.2. The van der Waals surface area contributed by atoms with Crippen LogP contribution in [0.3, 0.4) is 0 Å². The van der Waals surface area contributed by atoms with Gasteiger partial charge in [-0.3, -0.25) is 0 Å². The molecule has 0 amide bonds. The van der Waals surface area contributed by atoms with Crippen LogP contribution in [0, 0.1) is 0 Å². The van der Waals surface area contributed by atoms with Crippen molar-refractivity contribution in [1.82, 2.24) is 0 Å². The van der Waals surface area contributed by atoms with E-state index in [-0.39, 0.29) is 0 Å². The van der Waals surface area contributed by atoms with Crippen LogP contribution < -0.4 is 4.74 Å². The molecule has 1 unspecified atom stereocenters. The molecule has 1 aliphatic rings. The summed E-state index contributed by atoms with van der Waals surface area (Å²) >= 11 is 0. The Kier molecular flexibility index (Phi) is 12.8. The van der Waals surface area contributed by atoms with Gasteiger partial charge in [0.1, 0.15) is 18.5 Å². The molecule has 0 aromatic heterocycles. The molecule has 1 aliphatic heterocycles. The Hall–Kier alpha value is -1.28. The number of hydrogen-bond acceptors (Lipinski definition) is 2. The van der Waals surface area contributed by atoms with Crippen molar-refractivity contribution in [2.45, 2.75) is 103 Å². The van der Waals surface area contributed by atoms with Crippen LogP contribution in [0.1, 0.15) is 96.0 Å². The molecule has 1 fully saturated rings. The van der Waals surface area contributed by atoms with E-state index in [1.54, 1.807) is 0 Å². The summed E-state index contributed by atoms with van der Waals surface area (Å²) in [5.74, 6) is 1.05. The van der Waals surface area contributed by atoms with E-state index >= 15 is 0 Å². The van der Waals surface area contributed by atoms with E-state index in [0.717, 1.165) is 18.8 Å². The Balaban J connectivity index is 1.38. The molecule has 1 aromatic rings. The molecule has 0 saturated carbocycles. The van der Waals surface area contributed by atoms with Crippen LogP contribution in [-0.4, -0.2) is 19.3 Å². The van der Waals surface area contributed by atoms with Gasteiger partial charge in [0.05, 0.1) is 6.61 Å². The van der Waals surface area contributed by atoms with Crippen molar-refractivity contribution in [2.24, 2.45) is 0 Å². The summed E-state index contributed by atoms with van der Waals surface area (Å²) in [6.45, 7) is 3.80. The van der Waals surface area contributed by atoms with Crippen LogP contribution >= 0.6 is 0 Å². The highest BCUT2D eigenvalue weighted by molar-refractivity contribution is 5.33. The summed E-state index contributed by atoms with van der Waals surface area (Å²) < 4.78 is 11.1. The minimum Gasteiger partial charge on any atom is -0.491 e. The zero-order valence-electron chi connectivity index (χ0n) is 18.2. The van der Waals surface area contributed by atoms with Crippen LogP contribution in [0.15, 0.2) is 36.4 Å². The van der Waals surface area contributed by atoms with Crippen molar-refractivity contribution in [3.63, 3.8) is 0 Å². The van der Waals surface area contributed by atoms with Crippen molar-refractivity contribution in [2.75, 3.05) is 13.2 Å². The Labute approximate surface area is 173 Å². The number of rotatable bonds is 18. The lowest BCUT2D eigenvalue weighted by Gasteiger charge is -2.10. The number of unbranched alkanes of at least 4 members (excludes halogenated alkanes) is 11. The van der Waals surface area contributed by atoms with Gasteiger partial charge in [0.25, 0.3) is 0 Å². The number of benzene rings is 1. The van der Waals surface area contributed by atoms with Crippen molar-refractivity contribution in [3.8, 4) is 5.75 Å². The van der Waals surface area contributed by atoms with Gasteiger partial charge in [0.15, 0.2) is 0 Å². The largest absolute Gasteiger partial charge is 0.491 e. The SMILES string of the molecule is CCC/C=C/CCCCCCCCCCCCc1ccccc1OCC1CO1. The molecule has 2 heteroatoms. The first kappa shape index (κ1) is 23.0. The second kappa shape index (κ2) is 15.6. The third-order valence-corrected chi connectivity index (χ3v) is 5.49. The molecular formula is C26H42O2. The molecule has 1 aromatic carbocycles. The van der Waals surface area contributed by atoms with Crippen LogP contribution in [0.4, 0.5) is 0 Å². The van der Waals surface area contributed by atoms with Gasteiger partial charge >= 0.3 is 0 Å². The first-order chi connectivity index (χ1) is 13.9. The van der Waals surface area contributed by atoms with Gasteiger partial charge in [0.2, 0.25) is 0 Å². The minimum atomic E-state index is 0.329. The van der Waals surface area contributed by atoms with Crippen molar-refractivity contribution in [3.05, 3.63) is 42.0 Å². The van der Waals surface area contributed by atoms with Gasteiger partial charge in [-0.2, -0.15) is 0 Å². The minimum absolute atomic E-state index is 0.329. The van der Waals surface area contributed by atoms with E-state index in [2.05, 4.69) is 43.3 Å². The highest BCUT2D eigenvalue weighted by atomic mass is 16.6. The molecule has 2 nitrogen and oxygen atoms in total. The second-order valence-electron chi connectivity index (χ2n) is 8.21. The molecule has 0 bridgehead atoms. The van der Waals surface area contributed by atoms with E-state index in [1.165, 1.54) is 89.0 Å². The molecule has 158 valence electrons. The average Bonchev–Trinajstić information content (AvgIpc) is 3.54. The predicted octanol–water partition coefficient (Wildman–Crippen LogP) is 7.65. The fourth-order valence-corrected chi connectivity index (χ4v) is 3.59. The van der Waals surface area contributed by atoms with E-state index < -0.39 is 0 Å². The molecule has 0 spiro atoms. The summed E-state index contributed by atoms with van der Waals surface area (Å²) in [5.41, 5.74) is 1.35. The number of para-hydroxylation sites is 1. The molecule has 0 N–H and O–H groups in total. The third kappa shape index (κ3) is 11.5. The summed E-state index contributed by atoms with van der Waals surface area (Å²) in [7, 11) is 0. The van der Waals surface area contributed by atoms with Crippen LogP contribution in [0.5, 0.6) is 5.75 Å². The van der Waals surface area contributed by atoms with Crippen molar-refractivity contribution >= 4 is 0 Å². The molecular weight excluding hydrogens is 344 g/mol. The first-order valence-electron chi connectivity index (χ1n) is 11.9. The Morgan fingerprint density at radius 3 is 2.14 bits per heavy atom. The van der Waals surface area contributed by atoms with E-state index in [4.69, 9.17) is 9.47 Å². The van der Waals surface area contributed by atoms with Gasteiger partial charge in [-0.25, -0.2) is 0 Å². The molecule has 1 saturated heterocycles. The monoisotopic (exact) mass is 386 g/mol. The predicted molar refractivity (Wildman–Crippen MR) is 120 cm³/mol.